The number of ether oxygens (including phenoxy) is 1. The number of thioether (sulfide) groups is 1. The quantitative estimate of drug-likeness (QED) is 0.632. The van der Waals surface area contributed by atoms with E-state index in [1.807, 2.05) is 6.07 Å². The molecule has 0 atom stereocenters. The fraction of sp³-hybridized carbons (Fsp3) is 0.429. The Morgan fingerprint density at radius 1 is 1.40 bits per heavy atom. The molecule has 2 rings (SSSR count). The molecule has 5 nitrogen and oxygen atoms in total. The predicted octanol–water partition coefficient (Wildman–Crippen LogP) is 2.99. The summed E-state index contributed by atoms with van der Waals surface area (Å²) in [6.45, 7) is 7.12. The molecule has 0 aliphatic rings. The molecule has 0 spiro atoms. The number of aryl methyl sites for hydroxylation is 1. The van der Waals surface area contributed by atoms with Crippen molar-refractivity contribution < 1.29 is 4.74 Å². The number of hydrogen-bond donors (Lipinski definition) is 2. The van der Waals surface area contributed by atoms with Crippen LogP contribution in [0, 0.1) is 6.92 Å². The second-order valence-corrected chi connectivity index (χ2v) is 5.94. The minimum atomic E-state index is 0.341. The molecule has 20 heavy (non-hydrogen) atoms. The molecule has 0 aliphatic heterocycles. The first-order valence-corrected chi connectivity index (χ1v) is 7.59. The van der Waals surface area contributed by atoms with Crippen molar-refractivity contribution in [2.75, 3.05) is 18.1 Å². The van der Waals surface area contributed by atoms with Crippen LogP contribution in [0.15, 0.2) is 23.4 Å². The summed E-state index contributed by atoms with van der Waals surface area (Å²) in [5, 5.41) is 7.21. The summed E-state index contributed by atoms with van der Waals surface area (Å²) in [7, 11) is 0. The van der Waals surface area contributed by atoms with E-state index in [0.29, 0.717) is 23.6 Å². The maximum absolute atomic E-state index is 5.73. The number of anilines is 1. The number of rotatable bonds is 6. The Morgan fingerprint density at radius 2 is 2.20 bits per heavy atom. The summed E-state index contributed by atoms with van der Waals surface area (Å²) in [5.74, 6) is 2.56. The first-order valence-electron chi connectivity index (χ1n) is 6.60. The van der Waals surface area contributed by atoms with E-state index in [2.05, 4.69) is 48.1 Å². The second kappa shape index (κ2) is 6.65. The monoisotopic (exact) mass is 292 g/mol. The zero-order chi connectivity index (χ0) is 14.5. The lowest BCUT2D eigenvalue weighted by Gasteiger charge is -2.12. The van der Waals surface area contributed by atoms with Crippen LogP contribution in [0.5, 0.6) is 5.75 Å². The number of nitrogen functional groups attached to an aromatic ring is 1. The van der Waals surface area contributed by atoms with Crippen molar-refractivity contribution in [1.29, 1.82) is 0 Å². The molecule has 0 saturated carbocycles. The van der Waals surface area contributed by atoms with E-state index in [-0.39, 0.29) is 0 Å². The molecule has 0 aliphatic carbocycles. The van der Waals surface area contributed by atoms with Crippen molar-refractivity contribution >= 4 is 17.7 Å². The van der Waals surface area contributed by atoms with Gasteiger partial charge in [0.05, 0.1) is 6.61 Å². The molecular weight excluding hydrogens is 272 g/mol. The Balaban J connectivity index is 1.81. The van der Waals surface area contributed by atoms with Gasteiger partial charge >= 0.3 is 0 Å². The first-order chi connectivity index (χ1) is 9.56. The molecule has 0 fully saturated rings. The highest BCUT2D eigenvalue weighted by Gasteiger charge is 2.05. The number of H-pyrrole nitrogens is 1. The van der Waals surface area contributed by atoms with Crippen LogP contribution in [0.2, 0.25) is 0 Å². The molecule has 0 unspecified atom stereocenters. The number of benzene rings is 1. The number of hydrogen-bond acceptors (Lipinski definition) is 5. The van der Waals surface area contributed by atoms with Crippen LogP contribution in [0.25, 0.3) is 0 Å². The van der Waals surface area contributed by atoms with Gasteiger partial charge in [-0.2, -0.15) is 4.98 Å². The van der Waals surface area contributed by atoms with Crippen LogP contribution >= 0.6 is 11.8 Å². The average molecular weight is 292 g/mol. The van der Waals surface area contributed by atoms with Gasteiger partial charge in [-0.05, 0) is 36.1 Å². The van der Waals surface area contributed by atoms with E-state index in [1.54, 1.807) is 0 Å². The molecule has 108 valence electrons. The fourth-order valence-corrected chi connectivity index (χ4v) is 2.62. The highest BCUT2D eigenvalue weighted by Crippen LogP contribution is 2.23. The van der Waals surface area contributed by atoms with Gasteiger partial charge in [0.15, 0.2) is 0 Å². The molecule has 0 amide bonds. The van der Waals surface area contributed by atoms with Crippen LogP contribution in [0.4, 0.5) is 5.95 Å². The predicted molar refractivity (Wildman–Crippen MR) is 82.3 cm³/mol. The molecule has 0 bridgehead atoms. The fourth-order valence-electron chi connectivity index (χ4n) is 2.00. The van der Waals surface area contributed by atoms with E-state index >= 15 is 0 Å². The topological polar surface area (TPSA) is 76.8 Å². The summed E-state index contributed by atoms with van der Waals surface area (Å²) in [5.41, 5.74) is 8.09. The van der Waals surface area contributed by atoms with Crippen molar-refractivity contribution in [3.8, 4) is 5.75 Å². The van der Waals surface area contributed by atoms with Crippen molar-refractivity contribution in [1.82, 2.24) is 15.2 Å². The van der Waals surface area contributed by atoms with Crippen molar-refractivity contribution in [3.05, 3.63) is 29.3 Å². The summed E-state index contributed by atoms with van der Waals surface area (Å²) < 4.78 is 5.73. The van der Waals surface area contributed by atoms with Gasteiger partial charge in [-0.15, -0.1) is 5.10 Å². The number of nitrogens with one attached hydrogen (secondary N) is 1. The highest BCUT2D eigenvalue weighted by atomic mass is 32.2. The van der Waals surface area contributed by atoms with E-state index in [0.717, 1.165) is 11.5 Å². The van der Waals surface area contributed by atoms with E-state index in [9.17, 15) is 0 Å². The standard InChI is InChI=1S/C14H20N4OS/c1-9(2)12-5-4-11(8-10(12)3)19-6-7-20-14-16-13(15)17-18-14/h4-5,8-9H,6-7H2,1-3H3,(H3,15,16,17,18). The number of nitrogens with two attached hydrogens (primary N) is 1. The van der Waals surface area contributed by atoms with Gasteiger partial charge < -0.3 is 10.5 Å². The van der Waals surface area contributed by atoms with Crippen molar-refractivity contribution in [2.24, 2.45) is 0 Å². The Hall–Kier alpha value is -1.69. The maximum atomic E-state index is 5.73. The third-order valence-corrected chi connectivity index (χ3v) is 3.74. The molecule has 3 N–H and O–H groups in total. The molecule has 0 radical (unpaired) electrons. The van der Waals surface area contributed by atoms with Crippen LogP contribution in [-0.4, -0.2) is 27.5 Å². The van der Waals surface area contributed by atoms with Gasteiger partial charge in [0.25, 0.3) is 0 Å². The van der Waals surface area contributed by atoms with Gasteiger partial charge in [-0.25, -0.2) is 5.10 Å². The van der Waals surface area contributed by atoms with Gasteiger partial charge in [0, 0.05) is 5.75 Å². The summed E-state index contributed by atoms with van der Waals surface area (Å²) in [6, 6.07) is 6.25. The van der Waals surface area contributed by atoms with Gasteiger partial charge in [0.1, 0.15) is 5.75 Å². The zero-order valence-corrected chi connectivity index (χ0v) is 12.8. The van der Waals surface area contributed by atoms with Gasteiger partial charge in [-0.1, -0.05) is 31.7 Å². The van der Waals surface area contributed by atoms with Crippen LogP contribution in [0.3, 0.4) is 0 Å². The molecule has 2 aromatic rings. The Kier molecular flexibility index (Phi) is 4.89. The molecule has 6 heteroatoms. The van der Waals surface area contributed by atoms with Crippen molar-refractivity contribution in [3.63, 3.8) is 0 Å². The minimum absolute atomic E-state index is 0.341. The van der Waals surface area contributed by atoms with Crippen LogP contribution in [-0.2, 0) is 0 Å². The number of aromatic nitrogens is 3. The van der Waals surface area contributed by atoms with Gasteiger partial charge in [-0.3, -0.25) is 0 Å². The largest absolute Gasteiger partial charge is 0.493 e. The average Bonchev–Trinajstić information content (AvgIpc) is 2.80. The van der Waals surface area contributed by atoms with Crippen LogP contribution < -0.4 is 10.5 Å². The molecule has 1 aromatic carbocycles. The zero-order valence-electron chi connectivity index (χ0n) is 12.0. The highest BCUT2D eigenvalue weighted by molar-refractivity contribution is 7.99. The van der Waals surface area contributed by atoms with Crippen LogP contribution in [0.1, 0.15) is 30.9 Å². The third kappa shape index (κ3) is 3.90. The molecular formula is C14H20N4OS. The second-order valence-electron chi connectivity index (χ2n) is 4.87. The Labute approximate surface area is 123 Å². The SMILES string of the molecule is Cc1cc(OCCSc2n[nH]c(N)n2)ccc1C(C)C. The minimum Gasteiger partial charge on any atom is -0.493 e. The summed E-state index contributed by atoms with van der Waals surface area (Å²) >= 11 is 1.51. The summed E-state index contributed by atoms with van der Waals surface area (Å²) in [4.78, 5) is 4.02. The molecule has 1 aromatic heterocycles. The van der Waals surface area contributed by atoms with E-state index in [1.165, 1.54) is 22.9 Å². The van der Waals surface area contributed by atoms with E-state index in [4.69, 9.17) is 10.5 Å². The third-order valence-electron chi connectivity index (χ3n) is 2.93. The molecule has 0 saturated heterocycles. The number of nitrogens with zero attached hydrogens (tertiary/aromatic N) is 2. The van der Waals surface area contributed by atoms with E-state index < -0.39 is 0 Å². The first kappa shape index (κ1) is 14.7. The lowest BCUT2D eigenvalue weighted by molar-refractivity contribution is 0.343. The Bertz CT molecular complexity index is 568. The van der Waals surface area contributed by atoms with Gasteiger partial charge in [0.2, 0.25) is 11.1 Å². The number of aromatic amines is 1. The van der Waals surface area contributed by atoms with Crippen molar-refractivity contribution in [2.45, 2.75) is 31.8 Å². The maximum Gasteiger partial charge on any atom is 0.216 e. The lowest BCUT2D eigenvalue weighted by Crippen LogP contribution is -2.01. The Morgan fingerprint density at radius 3 is 2.80 bits per heavy atom. The molecule has 1 heterocycles. The smallest absolute Gasteiger partial charge is 0.216 e. The normalized spacial score (nSPS) is 11.0. The summed E-state index contributed by atoms with van der Waals surface area (Å²) in [6.07, 6.45) is 0. The lowest BCUT2D eigenvalue weighted by atomic mass is 9.98.